The van der Waals surface area contributed by atoms with Crippen molar-refractivity contribution in [2.75, 3.05) is 5.73 Å². The van der Waals surface area contributed by atoms with Crippen molar-refractivity contribution in [2.24, 2.45) is 0 Å². The van der Waals surface area contributed by atoms with Gasteiger partial charge in [-0.15, -0.1) is 0 Å². The van der Waals surface area contributed by atoms with Gasteiger partial charge in [-0.1, -0.05) is 11.6 Å². The van der Waals surface area contributed by atoms with Gasteiger partial charge in [-0.3, -0.25) is 4.98 Å². The van der Waals surface area contributed by atoms with E-state index in [9.17, 15) is 8.78 Å². The molecule has 0 unspecified atom stereocenters. The van der Waals surface area contributed by atoms with E-state index in [2.05, 4.69) is 4.98 Å². The molecule has 0 aliphatic rings. The van der Waals surface area contributed by atoms with Crippen molar-refractivity contribution in [3.63, 3.8) is 0 Å². The first-order valence-electron chi connectivity index (χ1n) is 3.65. The molecule has 0 aliphatic carbocycles. The van der Waals surface area contributed by atoms with Gasteiger partial charge in [-0.2, -0.15) is 5.26 Å². The average Bonchev–Trinajstić information content (AvgIpc) is 2.13. The number of halogens is 3. The molecular formula is C8H6ClF2N3. The van der Waals surface area contributed by atoms with Gasteiger partial charge in [0.05, 0.1) is 29.4 Å². The standard InChI is InChI=1S/C8H6ClF2N3/c9-6-4(1-2-12)7(8(10)11)14-3-5(6)13/h3,8H,1,13H2. The van der Waals surface area contributed by atoms with Crippen LogP contribution in [0.4, 0.5) is 14.5 Å². The van der Waals surface area contributed by atoms with Gasteiger partial charge < -0.3 is 5.73 Å². The van der Waals surface area contributed by atoms with Gasteiger partial charge in [0, 0.05) is 5.56 Å². The lowest BCUT2D eigenvalue weighted by Gasteiger charge is -2.08. The lowest BCUT2D eigenvalue weighted by Crippen LogP contribution is -2.02. The number of alkyl halides is 2. The van der Waals surface area contributed by atoms with Gasteiger partial charge in [-0.05, 0) is 0 Å². The van der Waals surface area contributed by atoms with Crippen LogP contribution in [0.15, 0.2) is 6.20 Å². The van der Waals surface area contributed by atoms with Crippen LogP contribution in [-0.4, -0.2) is 4.98 Å². The maximum Gasteiger partial charge on any atom is 0.280 e. The predicted octanol–water partition coefficient (Wildman–Crippen LogP) is 2.32. The van der Waals surface area contributed by atoms with Crippen LogP contribution >= 0.6 is 11.6 Å². The normalized spacial score (nSPS) is 10.2. The summed E-state index contributed by atoms with van der Waals surface area (Å²) < 4.78 is 24.8. The van der Waals surface area contributed by atoms with Crippen LogP contribution in [0.2, 0.25) is 5.02 Å². The van der Waals surface area contributed by atoms with Crippen molar-refractivity contribution in [3.8, 4) is 6.07 Å². The van der Waals surface area contributed by atoms with E-state index in [0.29, 0.717) is 0 Å². The zero-order valence-corrected chi connectivity index (χ0v) is 7.72. The van der Waals surface area contributed by atoms with Gasteiger partial charge in [0.15, 0.2) is 0 Å². The summed E-state index contributed by atoms with van der Waals surface area (Å²) in [6.07, 6.45) is -1.92. The first-order valence-corrected chi connectivity index (χ1v) is 4.03. The van der Waals surface area contributed by atoms with Crippen LogP contribution in [0.1, 0.15) is 17.7 Å². The Balaban J connectivity index is 3.31. The summed E-state index contributed by atoms with van der Waals surface area (Å²) in [5.41, 5.74) is 4.99. The summed E-state index contributed by atoms with van der Waals surface area (Å²) in [6, 6.07) is 1.73. The molecule has 1 aromatic heterocycles. The molecule has 14 heavy (non-hydrogen) atoms. The SMILES string of the molecule is N#CCc1c(C(F)F)ncc(N)c1Cl. The first-order chi connectivity index (χ1) is 6.57. The summed E-state index contributed by atoms with van der Waals surface area (Å²) in [6.45, 7) is 0. The molecule has 0 aliphatic heterocycles. The van der Waals surface area contributed by atoms with E-state index in [1.807, 2.05) is 0 Å². The summed E-state index contributed by atoms with van der Waals surface area (Å²) in [5, 5.41) is 8.40. The minimum atomic E-state index is -2.75. The fraction of sp³-hybridized carbons (Fsp3) is 0.250. The molecule has 2 N–H and O–H groups in total. The number of hydrogen-bond donors (Lipinski definition) is 1. The van der Waals surface area contributed by atoms with Crippen LogP contribution in [-0.2, 0) is 6.42 Å². The van der Waals surface area contributed by atoms with Crippen molar-refractivity contribution >= 4 is 17.3 Å². The Morgan fingerprint density at radius 1 is 1.64 bits per heavy atom. The fourth-order valence-electron chi connectivity index (χ4n) is 0.996. The minimum Gasteiger partial charge on any atom is -0.396 e. The van der Waals surface area contributed by atoms with Gasteiger partial charge in [0.1, 0.15) is 5.69 Å². The number of nitrogen functional groups attached to an aromatic ring is 1. The molecule has 3 nitrogen and oxygen atoms in total. The second-order valence-corrected chi connectivity index (χ2v) is 2.90. The average molecular weight is 218 g/mol. The highest BCUT2D eigenvalue weighted by atomic mass is 35.5. The smallest absolute Gasteiger partial charge is 0.280 e. The Labute approximate surface area is 84.1 Å². The van der Waals surface area contributed by atoms with E-state index >= 15 is 0 Å². The Bertz CT molecular complexity index is 387. The molecule has 1 heterocycles. The Morgan fingerprint density at radius 2 is 2.29 bits per heavy atom. The van der Waals surface area contributed by atoms with Gasteiger partial charge >= 0.3 is 0 Å². The van der Waals surface area contributed by atoms with Gasteiger partial charge in [-0.25, -0.2) is 8.78 Å². The quantitative estimate of drug-likeness (QED) is 0.827. The van der Waals surface area contributed by atoms with E-state index in [-0.39, 0.29) is 22.7 Å². The van der Waals surface area contributed by atoms with Crippen molar-refractivity contribution in [2.45, 2.75) is 12.8 Å². The Kier molecular flexibility index (Phi) is 3.20. The van der Waals surface area contributed by atoms with E-state index in [1.54, 1.807) is 6.07 Å². The van der Waals surface area contributed by atoms with Crippen molar-refractivity contribution < 1.29 is 8.78 Å². The minimum absolute atomic E-state index is 0.00386. The molecule has 0 spiro atoms. The summed E-state index contributed by atoms with van der Waals surface area (Å²) in [5.74, 6) is 0. The third-order valence-corrected chi connectivity index (χ3v) is 2.08. The van der Waals surface area contributed by atoms with Crippen LogP contribution in [0.3, 0.4) is 0 Å². The lowest BCUT2D eigenvalue weighted by molar-refractivity contribution is 0.145. The summed E-state index contributed by atoms with van der Waals surface area (Å²) in [4.78, 5) is 3.45. The maximum atomic E-state index is 12.4. The zero-order chi connectivity index (χ0) is 10.7. The van der Waals surface area contributed by atoms with Crippen LogP contribution in [0.5, 0.6) is 0 Å². The number of nitriles is 1. The molecular weight excluding hydrogens is 212 g/mol. The van der Waals surface area contributed by atoms with E-state index in [4.69, 9.17) is 22.6 Å². The van der Waals surface area contributed by atoms with E-state index < -0.39 is 12.1 Å². The molecule has 0 fully saturated rings. The highest BCUT2D eigenvalue weighted by molar-refractivity contribution is 6.33. The highest BCUT2D eigenvalue weighted by Crippen LogP contribution is 2.30. The molecule has 0 bridgehead atoms. The van der Waals surface area contributed by atoms with Gasteiger partial charge in [0.25, 0.3) is 6.43 Å². The molecule has 0 aromatic carbocycles. The first kappa shape index (κ1) is 10.7. The second-order valence-electron chi connectivity index (χ2n) is 2.53. The van der Waals surface area contributed by atoms with Crippen LogP contribution < -0.4 is 5.73 Å². The third-order valence-electron chi connectivity index (χ3n) is 1.63. The number of pyridine rings is 1. The largest absolute Gasteiger partial charge is 0.396 e. The van der Waals surface area contributed by atoms with Crippen molar-refractivity contribution in [1.82, 2.24) is 4.98 Å². The maximum absolute atomic E-state index is 12.4. The molecule has 0 radical (unpaired) electrons. The predicted molar refractivity (Wildman–Crippen MR) is 47.9 cm³/mol. The molecule has 1 aromatic rings. The van der Waals surface area contributed by atoms with Crippen LogP contribution in [0.25, 0.3) is 0 Å². The monoisotopic (exact) mass is 217 g/mol. The molecule has 0 atom stereocenters. The Morgan fingerprint density at radius 3 is 2.79 bits per heavy atom. The number of anilines is 1. The topological polar surface area (TPSA) is 62.7 Å². The fourth-order valence-corrected chi connectivity index (χ4v) is 1.21. The number of hydrogen-bond acceptors (Lipinski definition) is 3. The highest BCUT2D eigenvalue weighted by Gasteiger charge is 2.18. The number of rotatable bonds is 2. The van der Waals surface area contributed by atoms with Crippen molar-refractivity contribution in [1.29, 1.82) is 5.26 Å². The zero-order valence-electron chi connectivity index (χ0n) is 6.97. The van der Waals surface area contributed by atoms with E-state index in [0.717, 1.165) is 6.20 Å². The molecule has 1 rings (SSSR count). The molecule has 0 amide bonds. The number of aromatic nitrogens is 1. The molecule has 0 saturated carbocycles. The summed E-state index contributed by atoms with van der Waals surface area (Å²) >= 11 is 5.67. The second kappa shape index (κ2) is 4.20. The Hall–Kier alpha value is -1.41. The molecule has 74 valence electrons. The molecule has 0 saturated heterocycles. The van der Waals surface area contributed by atoms with Gasteiger partial charge in [0.2, 0.25) is 0 Å². The van der Waals surface area contributed by atoms with Crippen LogP contribution in [0, 0.1) is 11.3 Å². The van der Waals surface area contributed by atoms with Crippen molar-refractivity contribution in [3.05, 3.63) is 22.5 Å². The third kappa shape index (κ3) is 1.91. The summed E-state index contributed by atoms with van der Waals surface area (Å²) in [7, 11) is 0. The van der Waals surface area contributed by atoms with E-state index in [1.165, 1.54) is 0 Å². The number of nitrogens with two attached hydrogens (primary N) is 1. The lowest BCUT2D eigenvalue weighted by atomic mass is 10.1. The number of nitrogens with zero attached hydrogens (tertiary/aromatic N) is 2. The molecule has 6 heteroatoms.